The molecule has 1 aromatic carbocycles. The van der Waals surface area contributed by atoms with Crippen LogP contribution in [0.5, 0.6) is 0 Å². The van der Waals surface area contributed by atoms with Gasteiger partial charge in [-0.3, -0.25) is 4.79 Å². The zero-order valence-corrected chi connectivity index (χ0v) is 18.3. The van der Waals surface area contributed by atoms with E-state index >= 15 is 0 Å². The van der Waals surface area contributed by atoms with Gasteiger partial charge in [0.2, 0.25) is 11.1 Å². The maximum atomic E-state index is 12.6. The van der Waals surface area contributed by atoms with Crippen LogP contribution in [0, 0.1) is 0 Å². The van der Waals surface area contributed by atoms with Crippen LogP contribution in [-0.4, -0.2) is 80.5 Å². The molecule has 1 aliphatic rings. The van der Waals surface area contributed by atoms with E-state index in [0.717, 1.165) is 12.1 Å². The van der Waals surface area contributed by atoms with Crippen molar-refractivity contribution >= 4 is 23.8 Å². The van der Waals surface area contributed by atoms with Gasteiger partial charge in [-0.05, 0) is 47.9 Å². The van der Waals surface area contributed by atoms with Crippen LogP contribution in [0.15, 0.2) is 29.4 Å². The van der Waals surface area contributed by atoms with Gasteiger partial charge in [0.15, 0.2) is 0 Å². The number of hydrogen-bond acceptors (Lipinski definition) is 7. The highest BCUT2D eigenvalue weighted by Gasteiger charge is 2.25. The normalized spacial score (nSPS) is 14.1. The summed E-state index contributed by atoms with van der Waals surface area (Å²) >= 11 is 1.31. The molecule has 1 fully saturated rings. The number of carbonyl (C=O) groups excluding carboxylic acids is 2. The molecule has 0 N–H and O–H groups in total. The summed E-state index contributed by atoms with van der Waals surface area (Å²) in [5, 5.41) is 12.5. The number of thioether (sulfide) groups is 1. The molecular formula is C20H28N6O3S. The number of benzene rings is 1. The second-order valence-corrected chi connectivity index (χ2v) is 7.94. The maximum Gasteiger partial charge on any atom is 0.409 e. The number of aromatic nitrogens is 4. The Morgan fingerprint density at radius 2 is 1.77 bits per heavy atom. The van der Waals surface area contributed by atoms with Crippen LogP contribution in [0.4, 0.5) is 4.79 Å². The smallest absolute Gasteiger partial charge is 0.409 e. The van der Waals surface area contributed by atoms with E-state index in [9.17, 15) is 9.59 Å². The minimum absolute atomic E-state index is 0.00738. The average molecular weight is 433 g/mol. The van der Waals surface area contributed by atoms with E-state index in [4.69, 9.17) is 4.74 Å². The summed E-state index contributed by atoms with van der Waals surface area (Å²) in [6.07, 6.45) is 3.08. The fraction of sp³-hybridized carbons (Fsp3) is 0.550. The maximum absolute atomic E-state index is 12.6. The Bertz CT molecular complexity index is 833. The zero-order chi connectivity index (χ0) is 21.3. The van der Waals surface area contributed by atoms with E-state index < -0.39 is 0 Å². The summed E-state index contributed by atoms with van der Waals surface area (Å²) in [5.74, 6) is 0.252. The predicted octanol–water partition coefficient (Wildman–Crippen LogP) is 2.40. The van der Waals surface area contributed by atoms with Crippen molar-refractivity contribution in [2.45, 2.75) is 38.3 Å². The van der Waals surface area contributed by atoms with Gasteiger partial charge in [-0.1, -0.05) is 37.2 Å². The SMILES string of the molecule is CCCCc1ccc(-n2nnnc2SCC(=O)N2CCN(C(=O)OCC)CC2)cc1. The summed E-state index contributed by atoms with van der Waals surface area (Å²) < 4.78 is 6.66. The Labute approximate surface area is 180 Å². The first-order chi connectivity index (χ1) is 14.6. The van der Waals surface area contributed by atoms with Gasteiger partial charge in [-0.2, -0.15) is 4.68 Å². The molecule has 1 saturated heterocycles. The topological polar surface area (TPSA) is 93.5 Å². The minimum atomic E-state index is -0.320. The lowest BCUT2D eigenvalue weighted by molar-refractivity contribution is -0.129. The van der Waals surface area contributed by atoms with Gasteiger partial charge in [0.25, 0.3) is 0 Å². The third kappa shape index (κ3) is 5.71. The number of rotatable bonds is 8. The Morgan fingerprint density at radius 3 is 2.43 bits per heavy atom. The van der Waals surface area contributed by atoms with Gasteiger partial charge in [0.1, 0.15) is 0 Å². The molecule has 162 valence electrons. The summed E-state index contributed by atoms with van der Waals surface area (Å²) in [6, 6.07) is 8.19. The number of amides is 2. The highest BCUT2D eigenvalue weighted by atomic mass is 32.2. The Morgan fingerprint density at radius 1 is 1.07 bits per heavy atom. The third-order valence-corrected chi connectivity index (χ3v) is 5.83. The van der Waals surface area contributed by atoms with Crippen LogP contribution < -0.4 is 0 Å². The lowest BCUT2D eigenvalue weighted by Crippen LogP contribution is -2.51. The lowest BCUT2D eigenvalue weighted by Gasteiger charge is -2.33. The molecule has 9 nitrogen and oxygen atoms in total. The molecule has 0 atom stereocenters. The van der Waals surface area contributed by atoms with Gasteiger partial charge in [0.05, 0.1) is 18.0 Å². The second-order valence-electron chi connectivity index (χ2n) is 7.00. The quantitative estimate of drug-likeness (QED) is 0.591. The molecule has 2 heterocycles. The van der Waals surface area contributed by atoms with E-state index in [1.807, 2.05) is 12.1 Å². The van der Waals surface area contributed by atoms with Crippen LogP contribution in [0.3, 0.4) is 0 Å². The molecule has 0 unspecified atom stereocenters. The van der Waals surface area contributed by atoms with E-state index in [0.29, 0.717) is 37.9 Å². The number of nitrogens with zero attached hydrogens (tertiary/aromatic N) is 6. The molecule has 3 rings (SSSR count). The molecule has 0 spiro atoms. The van der Waals surface area contributed by atoms with Crippen molar-refractivity contribution in [3.05, 3.63) is 29.8 Å². The van der Waals surface area contributed by atoms with Crippen molar-refractivity contribution in [1.29, 1.82) is 0 Å². The molecule has 10 heteroatoms. The average Bonchev–Trinajstić information content (AvgIpc) is 3.25. The fourth-order valence-electron chi connectivity index (χ4n) is 3.19. The van der Waals surface area contributed by atoms with Crippen molar-refractivity contribution in [3.63, 3.8) is 0 Å². The molecule has 0 aliphatic carbocycles. The Hall–Kier alpha value is -2.62. The number of unbranched alkanes of at least 4 members (excludes halogenated alkanes) is 1. The van der Waals surface area contributed by atoms with Gasteiger partial charge in [-0.25, -0.2) is 4.79 Å². The number of aryl methyl sites for hydroxylation is 1. The van der Waals surface area contributed by atoms with Crippen LogP contribution in [0.2, 0.25) is 0 Å². The minimum Gasteiger partial charge on any atom is -0.450 e. The van der Waals surface area contributed by atoms with E-state index in [-0.39, 0.29) is 17.8 Å². The fourth-order valence-corrected chi connectivity index (χ4v) is 3.98. The summed E-state index contributed by atoms with van der Waals surface area (Å²) in [5.41, 5.74) is 2.17. The van der Waals surface area contributed by atoms with Crippen molar-refractivity contribution < 1.29 is 14.3 Å². The lowest BCUT2D eigenvalue weighted by atomic mass is 10.1. The first kappa shape index (κ1) is 22.1. The highest BCUT2D eigenvalue weighted by Crippen LogP contribution is 2.20. The summed E-state index contributed by atoms with van der Waals surface area (Å²) in [7, 11) is 0. The largest absolute Gasteiger partial charge is 0.450 e. The van der Waals surface area contributed by atoms with Crippen LogP contribution in [0.1, 0.15) is 32.3 Å². The number of carbonyl (C=O) groups is 2. The van der Waals surface area contributed by atoms with Crippen LogP contribution >= 0.6 is 11.8 Å². The molecule has 0 radical (unpaired) electrons. The monoisotopic (exact) mass is 432 g/mol. The molecular weight excluding hydrogens is 404 g/mol. The van der Waals surface area contributed by atoms with E-state index in [1.54, 1.807) is 21.4 Å². The molecule has 1 aromatic heterocycles. The second kappa shape index (κ2) is 11.0. The molecule has 0 saturated carbocycles. The first-order valence-electron chi connectivity index (χ1n) is 10.3. The summed E-state index contributed by atoms with van der Waals surface area (Å²) in [4.78, 5) is 27.7. The summed E-state index contributed by atoms with van der Waals surface area (Å²) in [6.45, 7) is 6.29. The molecule has 2 amide bonds. The molecule has 30 heavy (non-hydrogen) atoms. The van der Waals surface area contributed by atoms with Crippen molar-refractivity contribution in [2.75, 3.05) is 38.5 Å². The molecule has 2 aromatic rings. The van der Waals surface area contributed by atoms with E-state index in [2.05, 4.69) is 34.6 Å². The van der Waals surface area contributed by atoms with Crippen molar-refractivity contribution in [3.8, 4) is 5.69 Å². The van der Waals surface area contributed by atoms with Crippen LogP contribution in [0.25, 0.3) is 5.69 Å². The predicted molar refractivity (Wildman–Crippen MR) is 114 cm³/mol. The third-order valence-electron chi connectivity index (χ3n) is 4.92. The molecule has 0 bridgehead atoms. The number of piperazine rings is 1. The van der Waals surface area contributed by atoms with Gasteiger partial charge in [-0.15, -0.1) is 5.10 Å². The van der Waals surface area contributed by atoms with E-state index in [1.165, 1.54) is 30.2 Å². The Balaban J connectivity index is 1.52. The Kier molecular flexibility index (Phi) is 8.06. The van der Waals surface area contributed by atoms with Crippen LogP contribution in [-0.2, 0) is 16.0 Å². The van der Waals surface area contributed by atoms with Gasteiger partial charge >= 0.3 is 6.09 Å². The highest BCUT2D eigenvalue weighted by molar-refractivity contribution is 7.99. The van der Waals surface area contributed by atoms with Crippen molar-refractivity contribution in [1.82, 2.24) is 30.0 Å². The number of ether oxygens (including phenoxy) is 1. The molecule has 1 aliphatic heterocycles. The van der Waals surface area contributed by atoms with Crippen molar-refractivity contribution in [2.24, 2.45) is 0 Å². The van der Waals surface area contributed by atoms with Gasteiger partial charge < -0.3 is 14.5 Å². The first-order valence-corrected chi connectivity index (χ1v) is 11.3. The standard InChI is InChI=1S/C20H28N6O3S/c1-3-5-6-16-7-9-17(10-8-16)26-19(21-22-23-26)30-15-18(27)24-11-13-25(14-12-24)20(28)29-4-2/h7-10H,3-6,11-15H2,1-2H3. The van der Waals surface area contributed by atoms with Gasteiger partial charge in [0, 0.05) is 26.2 Å². The number of hydrogen-bond donors (Lipinski definition) is 0. The number of tetrazole rings is 1. The zero-order valence-electron chi connectivity index (χ0n) is 17.5.